The number of hydrogen-bond donors (Lipinski definition) is 2. The van der Waals surface area contributed by atoms with E-state index in [1.165, 1.54) is 69.7 Å². The molecule has 0 radical (unpaired) electrons. The normalized spacial score (nSPS) is 20.9. The van der Waals surface area contributed by atoms with Gasteiger partial charge in [-0.3, -0.25) is 0 Å². The van der Waals surface area contributed by atoms with Gasteiger partial charge in [0.05, 0.1) is 0 Å². The van der Waals surface area contributed by atoms with Gasteiger partial charge in [0.15, 0.2) is 0 Å². The molecule has 2 aliphatic rings. The molecule has 2 heterocycles. The van der Waals surface area contributed by atoms with Crippen LogP contribution < -0.4 is 15.5 Å². The van der Waals surface area contributed by atoms with Crippen LogP contribution in [-0.4, -0.2) is 32.7 Å². The summed E-state index contributed by atoms with van der Waals surface area (Å²) in [4.78, 5) is 2.51. The minimum Gasteiger partial charge on any atom is -0.385 e. The van der Waals surface area contributed by atoms with E-state index in [0.29, 0.717) is 0 Å². The number of nitrogens with zero attached hydrogens (tertiary/aromatic N) is 1. The van der Waals surface area contributed by atoms with Gasteiger partial charge in [0.25, 0.3) is 0 Å². The van der Waals surface area contributed by atoms with Crippen molar-refractivity contribution in [2.45, 2.75) is 32.1 Å². The molecule has 1 aromatic carbocycles. The second-order valence-corrected chi connectivity index (χ2v) is 6.17. The Labute approximate surface area is 122 Å². The maximum Gasteiger partial charge on any atom is 0.0367 e. The molecule has 3 nitrogen and oxygen atoms in total. The second kappa shape index (κ2) is 6.98. The van der Waals surface area contributed by atoms with Crippen LogP contribution >= 0.6 is 0 Å². The van der Waals surface area contributed by atoms with E-state index in [1.807, 2.05) is 0 Å². The number of hydrogen-bond acceptors (Lipinski definition) is 3. The largest absolute Gasteiger partial charge is 0.385 e. The molecule has 1 aromatic rings. The highest BCUT2D eigenvalue weighted by atomic mass is 15.1. The third-order valence-electron chi connectivity index (χ3n) is 4.64. The number of rotatable bonds is 4. The summed E-state index contributed by atoms with van der Waals surface area (Å²) in [6.45, 7) is 5.93. The number of nitrogens with one attached hydrogen (secondary N) is 2. The van der Waals surface area contributed by atoms with E-state index in [1.54, 1.807) is 0 Å². The van der Waals surface area contributed by atoms with Gasteiger partial charge in [0.1, 0.15) is 0 Å². The topological polar surface area (TPSA) is 27.3 Å². The van der Waals surface area contributed by atoms with Crippen LogP contribution in [0.5, 0.6) is 0 Å². The summed E-state index contributed by atoms with van der Waals surface area (Å²) in [5, 5.41) is 7.02. The van der Waals surface area contributed by atoms with Crippen LogP contribution in [0.2, 0.25) is 0 Å². The number of piperidine rings is 2. The van der Waals surface area contributed by atoms with E-state index in [2.05, 4.69) is 39.8 Å². The molecule has 0 unspecified atom stereocenters. The second-order valence-electron chi connectivity index (χ2n) is 6.17. The van der Waals surface area contributed by atoms with Gasteiger partial charge in [-0.1, -0.05) is 0 Å². The smallest absolute Gasteiger partial charge is 0.0367 e. The molecular weight excluding hydrogens is 246 g/mol. The first-order valence-electron chi connectivity index (χ1n) is 8.21. The summed E-state index contributed by atoms with van der Waals surface area (Å²) in [7, 11) is 0. The summed E-state index contributed by atoms with van der Waals surface area (Å²) in [6, 6.07) is 9.03. The molecule has 2 N–H and O–H groups in total. The summed E-state index contributed by atoms with van der Waals surface area (Å²) in [6.07, 6.45) is 6.69. The van der Waals surface area contributed by atoms with Gasteiger partial charge < -0.3 is 15.5 Å². The molecule has 0 saturated carbocycles. The van der Waals surface area contributed by atoms with Gasteiger partial charge in [-0.15, -0.1) is 0 Å². The average Bonchev–Trinajstić information content (AvgIpc) is 2.55. The molecule has 2 saturated heterocycles. The van der Waals surface area contributed by atoms with Crippen LogP contribution in [0.25, 0.3) is 0 Å². The minimum absolute atomic E-state index is 0.832. The van der Waals surface area contributed by atoms with Crippen molar-refractivity contribution in [3.8, 4) is 0 Å². The Balaban J connectivity index is 1.50. The molecule has 20 heavy (non-hydrogen) atoms. The van der Waals surface area contributed by atoms with E-state index in [9.17, 15) is 0 Å². The summed E-state index contributed by atoms with van der Waals surface area (Å²) in [5.41, 5.74) is 2.65. The Morgan fingerprint density at radius 1 is 1.00 bits per heavy atom. The van der Waals surface area contributed by atoms with Crippen molar-refractivity contribution in [2.24, 2.45) is 5.92 Å². The Hall–Kier alpha value is -1.22. The van der Waals surface area contributed by atoms with Gasteiger partial charge in [0.2, 0.25) is 0 Å². The van der Waals surface area contributed by atoms with Crippen molar-refractivity contribution < 1.29 is 0 Å². The molecule has 0 aliphatic carbocycles. The van der Waals surface area contributed by atoms with E-state index in [0.717, 1.165) is 12.5 Å². The minimum atomic E-state index is 0.832. The molecule has 0 amide bonds. The van der Waals surface area contributed by atoms with Crippen LogP contribution in [-0.2, 0) is 0 Å². The maximum absolute atomic E-state index is 3.60. The Morgan fingerprint density at radius 2 is 1.70 bits per heavy atom. The van der Waals surface area contributed by atoms with Gasteiger partial charge in [-0.25, -0.2) is 0 Å². The fourth-order valence-electron chi connectivity index (χ4n) is 3.29. The first-order valence-corrected chi connectivity index (χ1v) is 8.21. The van der Waals surface area contributed by atoms with Crippen LogP contribution in [0.15, 0.2) is 24.3 Å². The third kappa shape index (κ3) is 3.66. The standard InChI is InChI=1S/C17H27N3/c1-2-12-20(13-3-1)17-6-4-16(5-7-17)19-14-15-8-10-18-11-9-15/h4-7,15,18-19H,1-3,8-14H2. The zero-order valence-corrected chi connectivity index (χ0v) is 12.4. The van der Waals surface area contributed by atoms with Crippen molar-refractivity contribution in [1.29, 1.82) is 0 Å². The molecule has 2 aliphatic heterocycles. The maximum atomic E-state index is 3.60. The van der Waals surface area contributed by atoms with Crippen molar-refractivity contribution >= 4 is 11.4 Å². The highest BCUT2D eigenvalue weighted by molar-refractivity contribution is 5.55. The average molecular weight is 273 g/mol. The van der Waals surface area contributed by atoms with Gasteiger partial charge in [-0.05, 0) is 75.4 Å². The lowest BCUT2D eigenvalue weighted by atomic mass is 9.98. The lowest BCUT2D eigenvalue weighted by Crippen LogP contribution is -2.31. The molecule has 2 fully saturated rings. The predicted octanol–water partition coefficient (Wildman–Crippen LogP) is 3.09. The number of benzene rings is 1. The van der Waals surface area contributed by atoms with Gasteiger partial charge >= 0.3 is 0 Å². The van der Waals surface area contributed by atoms with Crippen LogP contribution in [0.3, 0.4) is 0 Å². The summed E-state index contributed by atoms with van der Waals surface area (Å²) in [5.74, 6) is 0.832. The quantitative estimate of drug-likeness (QED) is 0.883. The van der Waals surface area contributed by atoms with E-state index >= 15 is 0 Å². The van der Waals surface area contributed by atoms with Gasteiger partial charge in [0, 0.05) is 31.0 Å². The fourth-order valence-corrected chi connectivity index (χ4v) is 3.29. The summed E-state index contributed by atoms with van der Waals surface area (Å²) >= 11 is 0. The van der Waals surface area contributed by atoms with Crippen LogP contribution in [0.1, 0.15) is 32.1 Å². The van der Waals surface area contributed by atoms with Crippen molar-refractivity contribution in [2.75, 3.05) is 42.9 Å². The molecule has 3 rings (SSSR count). The van der Waals surface area contributed by atoms with E-state index in [-0.39, 0.29) is 0 Å². The number of anilines is 2. The first kappa shape index (κ1) is 13.7. The molecule has 0 bridgehead atoms. The summed E-state index contributed by atoms with van der Waals surface area (Å²) < 4.78 is 0. The monoisotopic (exact) mass is 273 g/mol. The van der Waals surface area contributed by atoms with Crippen molar-refractivity contribution in [1.82, 2.24) is 5.32 Å². The molecule has 110 valence electrons. The molecular formula is C17H27N3. The lowest BCUT2D eigenvalue weighted by molar-refractivity contribution is 0.390. The zero-order valence-electron chi connectivity index (χ0n) is 12.4. The highest BCUT2D eigenvalue weighted by Crippen LogP contribution is 2.22. The third-order valence-corrected chi connectivity index (χ3v) is 4.64. The zero-order chi connectivity index (χ0) is 13.6. The Kier molecular flexibility index (Phi) is 4.80. The highest BCUT2D eigenvalue weighted by Gasteiger charge is 2.13. The molecule has 0 atom stereocenters. The van der Waals surface area contributed by atoms with Crippen LogP contribution in [0, 0.1) is 5.92 Å². The SMILES string of the molecule is c1cc(N2CCCCC2)ccc1NCC1CCNCC1. The molecule has 0 aromatic heterocycles. The van der Waals surface area contributed by atoms with Crippen LogP contribution in [0.4, 0.5) is 11.4 Å². The fraction of sp³-hybridized carbons (Fsp3) is 0.647. The molecule has 3 heteroatoms. The van der Waals surface area contributed by atoms with E-state index in [4.69, 9.17) is 0 Å². The lowest BCUT2D eigenvalue weighted by Gasteiger charge is -2.29. The Morgan fingerprint density at radius 3 is 2.40 bits per heavy atom. The Bertz CT molecular complexity index is 389. The first-order chi connectivity index (χ1) is 9.92. The predicted molar refractivity (Wildman–Crippen MR) is 86.6 cm³/mol. The van der Waals surface area contributed by atoms with E-state index < -0.39 is 0 Å². The molecule has 0 spiro atoms. The van der Waals surface area contributed by atoms with Crippen molar-refractivity contribution in [3.63, 3.8) is 0 Å². The van der Waals surface area contributed by atoms with Gasteiger partial charge in [-0.2, -0.15) is 0 Å². The van der Waals surface area contributed by atoms with Crippen molar-refractivity contribution in [3.05, 3.63) is 24.3 Å².